The third-order valence-corrected chi connectivity index (χ3v) is 8.49. The Balaban J connectivity index is 1.56. The minimum Gasteiger partial charge on any atom is -0.497 e. The zero-order chi connectivity index (χ0) is 25.0. The Kier molecular flexibility index (Phi) is 7.75. The molecule has 1 saturated carbocycles. The number of anilines is 1. The van der Waals surface area contributed by atoms with E-state index in [-0.39, 0.29) is 34.3 Å². The molecule has 4 rings (SSSR count). The van der Waals surface area contributed by atoms with E-state index in [1.165, 1.54) is 12.0 Å². The van der Waals surface area contributed by atoms with Crippen LogP contribution in [0.4, 0.5) is 10.1 Å². The molecular formula is C24H26FN3O5S2. The van der Waals surface area contributed by atoms with Crippen molar-refractivity contribution in [3.63, 3.8) is 0 Å². The van der Waals surface area contributed by atoms with Crippen LogP contribution in [0, 0.1) is 5.82 Å². The first-order chi connectivity index (χ1) is 16.8. The standard InChI is InChI=1S/C24H26FN3O5S2/c1-33-19-9-5-6-17(14-19)26-22(29)15-21-23(30)28(18-7-3-2-4-8-18)24(34-21)27-35(31,32)20-12-10-16(25)11-13-20/h5-6,9-14,18,21H,2-4,7-8,15H2,1H3,(H,26,29)/b27-24+. The monoisotopic (exact) mass is 519 g/mol. The molecule has 2 fully saturated rings. The molecule has 35 heavy (non-hydrogen) atoms. The molecule has 0 radical (unpaired) electrons. The number of methoxy groups -OCH3 is 1. The van der Waals surface area contributed by atoms with E-state index in [0.29, 0.717) is 11.4 Å². The molecule has 2 aromatic carbocycles. The summed E-state index contributed by atoms with van der Waals surface area (Å²) in [6.45, 7) is 0. The van der Waals surface area contributed by atoms with Crippen LogP contribution in [0.5, 0.6) is 5.75 Å². The molecule has 1 N–H and O–H groups in total. The number of sulfonamides is 1. The van der Waals surface area contributed by atoms with Gasteiger partial charge in [0.25, 0.3) is 10.0 Å². The van der Waals surface area contributed by atoms with Crippen LogP contribution in [0.15, 0.2) is 57.8 Å². The number of halogens is 1. The smallest absolute Gasteiger partial charge is 0.284 e. The zero-order valence-electron chi connectivity index (χ0n) is 19.1. The number of hydrogen-bond donors (Lipinski definition) is 1. The van der Waals surface area contributed by atoms with E-state index in [4.69, 9.17) is 4.74 Å². The lowest BCUT2D eigenvalue weighted by atomic mass is 9.94. The molecule has 11 heteroatoms. The van der Waals surface area contributed by atoms with E-state index in [0.717, 1.165) is 68.1 Å². The highest BCUT2D eigenvalue weighted by atomic mass is 32.2. The Bertz CT molecular complexity index is 1230. The third-order valence-electron chi connectivity index (χ3n) is 5.94. The largest absolute Gasteiger partial charge is 0.497 e. The van der Waals surface area contributed by atoms with Gasteiger partial charge in [0, 0.05) is 24.2 Å². The molecule has 1 unspecified atom stereocenters. The lowest BCUT2D eigenvalue weighted by molar-refractivity contribution is -0.130. The third kappa shape index (κ3) is 6.02. The predicted octanol–water partition coefficient (Wildman–Crippen LogP) is 4.18. The number of amidine groups is 1. The molecule has 1 atom stereocenters. The first-order valence-electron chi connectivity index (χ1n) is 11.3. The maximum atomic E-state index is 13.4. The van der Waals surface area contributed by atoms with Crippen LogP contribution in [0.2, 0.25) is 0 Å². The van der Waals surface area contributed by atoms with Crippen LogP contribution in [0.1, 0.15) is 38.5 Å². The summed E-state index contributed by atoms with van der Waals surface area (Å²) in [4.78, 5) is 27.4. The molecule has 0 spiro atoms. The second kappa shape index (κ2) is 10.8. The van der Waals surface area contributed by atoms with Gasteiger partial charge in [-0.1, -0.05) is 37.1 Å². The molecular weight excluding hydrogens is 493 g/mol. The Morgan fingerprint density at radius 2 is 1.89 bits per heavy atom. The zero-order valence-corrected chi connectivity index (χ0v) is 20.8. The van der Waals surface area contributed by atoms with E-state index >= 15 is 0 Å². The van der Waals surface area contributed by atoms with Crippen LogP contribution in [0.3, 0.4) is 0 Å². The highest BCUT2D eigenvalue weighted by Gasteiger charge is 2.43. The summed E-state index contributed by atoms with van der Waals surface area (Å²) >= 11 is 0.979. The van der Waals surface area contributed by atoms with Crippen LogP contribution in [-0.4, -0.2) is 48.7 Å². The van der Waals surface area contributed by atoms with Gasteiger partial charge < -0.3 is 10.1 Å². The number of benzene rings is 2. The first kappa shape index (κ1) is 25.2. The van der Waals surface area contributed by atoms with Crippen molar-refractivity contribution in [3.8, 4) is 5.75 Å². The van der Waals surface area contributed by atoms with Crippen molar-refractivity contribution in [2.24, 2.45) is 4.40 Å². The van der Waals surface area contributed by atoms with Gasteiger partial charge >= 0.3 is 0 Å². The van der Waals surface area contributed by atoms with Gasteiger partial charge in [0.15, 0.2) is 5.17 Å². The molecule has 2 amide bonds. The fourth-order valence-electron chi connectivity index (χ4n) is 4.20. The molecule has 1 saturated heterocycles. The highest BCUT2D eigenvalue weighted by Crippen LogP contribution is 2.36. The van der Waals surface area contributed by atoms with Crippen molar-refractivity contribution in [2.45, 2.75) is 54.7 Å². The Morgan fingerprint density at radius 3 is 2.57 bits per heavy atom. The highest BCUT2D eigenvalue weighted by molar-refractivity contribution is 8.16. The number of rotatable bonds is 7. The van der Waals surface area contributed by atoms with E-state index in [2.05, 4.69) is 9.71 Å². The van der Waals surface area contributed by atoms with Crippen molar-refractivity contribution in [1.29, 1.82) is 0 Å². The summed E-state index contributed by atoms with van der Waals surface area (Å²) < 4.78 is 48.2. The van der Waals surface area contributed by atoms with E-state index in [9.17, 15) is 22.4 Å². The average Bonchev–Trinajstić information content (AvgIpc) is 3.13. The van der Waals surface area contributed by atoms with Crippen LogP contribution >= 0.6 is 11.8 Å². The normalized spacial score (nSPS) is 20.3. The molecule has 1 aliphatic heterocycles. The van der Waals surface area contributed by atoms with Crippen molar-refractivity contribution < 1.29 is 27.1 Å². The van der Waals surface area contributed by atoms with Crippen molar-refractivity contribution in [2.75, 3.05) is 12.4 Å². The summed E-state index contributed by atoms with van der Waals surface area (Å²) in [5.74, 6) is -0.683. The Hall–Kier alpha value is -2.92. The number of ether oxygens (including phenoxy) is 1. The van der Waals surface area contributed by atoms with Gasteiger partial charge in [0.05, 0.1) is 12.0 Å². The van der Waals surface area contributed by atoms with Gasteiger partial charge in [0.2, 0.25) is 11.8 Å². The molecule has 0 aromatic heterocycles. The van der Waals surface area contributed by atoms with E-state index in [1.54, 1.807) is 24.3 Å². The summed E-state index contributed by atoms with van der Waals surface area (Å²) in [6.07, 6.45) is 4.25. The Labute approximate surface area is 208 Å². The average molecular weight is 520 g/mol. The SMILES string of the molecule is COc1cccc(NC(=O)CC2S/C(=N/S(=O)(=O)c3ccc(F)cc3)N(C3CCCCC3)C2=O)c1. The minimum atomic E-state index is -4.17. The van der Waals surface area contributed by atoms with Gasteiger partial charge in [-0.3, -0.25) is 14.5 Å². The Morgan fingerprint density at radius 1 is 1.17 bits per heavy atom. The number of amides is 2. The summed E-state index contributed by atoms with van der Waals surface area (Å²) in [5.41, 5.74) is 0.529. The van der Waals surface area contributed by atoms with Gasteiger partial charge in [-0.15, -0.1) is 4.40 Å². The molecule has 2 aromatic rings. The number of nitrogens with one attached hydrogen (secondary N) is 1. The second-order valence-corrected chi connectivity index (χ2v) is 11.2. The maximum Gasteiger partial charge on any atom is 0.284 e. The van der Waals surface area contributed by atoms with Gasteiger partial charge in [0.1, 0.15) is 16.8 Å². The van der Waals surface area contributed by atoms with Gasteiger partial charge in [-0.05, 0) is 49.2 Å². The molecule has 0 bridgehead atoms. The molecule has 186 valence electrons. The predicted molar refractivity (Wildman–Crippen MR) is 132 cm³/mol. The quantitative estimate of drug-likeness (QED) is 0.588. The summed E-state index contributed by atoms with van der Waals surface area (Å²) in [5, 5.41) is 2.02. The summed E-state index contributed by atoms with van der Waals surface area (Å²) in [6, 6.07) is 11.1. The first-order valence-corrected chi connectivity index (χ1v) is 13.6. The lowest BCUT2D eigenvalue weighted by Gasteiger charge is -2.30. The maximum absolute atomic E-state index is 13.4. The molecule has 1 aliphatic carbocycles. The van der Waals surface area contributed by atoms with Gasteiger partial charge in [-0.25, -0.2) is 4.39 Å². The fourth-order valence-corrected chi connectivity index (χ4v) is 6.60. The number of carbonyl (C=O) groups is 2. The molecule has 2 aliphatic rings. The number of carbonyl (C=O) groups excluding carboxylic acids is 2. The fraction of sp³-hybridized carbons (Fsp3) is 0.375. The summed E-state index contributed by atoms with van der Waals surface area (Å²) in [7, 11) is -2.65. The number of nitrogens with zero attached hydrogens (tertiary/aromatic N) is 2. The van der Waals surface area contributed by atoms with Crippen LogP contribution in [-0.2, 0) is 19.6 Å². The molecule has 8 nitrogen and oxygen atoms in total. The second-order valence-electron chi connectivity index (χ2n) is 8.39. The number of hydrogen-bond acceptors (Lipinski definition) is 6. The molecule has 1 heterocycles. The van der Waals surface area contributed by atoms with E-state index in [1.807, 2.05) is 0 Å². The van der Waals surface area contributed by atoms with Crippen LogP contribution in [0.25, 0.3) is 0 Å². The van der Waals surface area contributed by atoms with Crippen LogP contribution < -0.4 is 10.1 Å². The van der Waals surface area contributed by atoms with Crippen molar-refractivity contribution in [1.82, 2.24) is 4.90 Å². The van der Waals surface area contributed by atoms with E-state index < -0.39 is 21.1 Å². The lowest BCUT2D eigenvalue weighted by Crippen LogP contribution is -2.42. The van der Waals surface area contributed by atoms with Crippen molar-refractivity contribution in [3.05, 3.63) is 54.3 Å². The topological polar surface area (TPSA) is 105 Å². The minimum absolute atomic E-state index is 0.0606. The number of thioether (sulfide) groups is 1. The van der Waals surface area contributed by atoms with Crippen molar-refractivity contribution >= 4 is 44.5 Å². The van der Waals surface area contributed by atoms with Gasteiger partial charge in [-0.2, -0.15) is 8.42 Å².